The fraction of sp³-hybridized carbons (Fsp3) is 0.455. The molecule has 0 bridgehead atoms. The zero-order valence-electron chi connectivity index (χ0n) is 15.1. The van der Waals surface area contributed by atoms with Gasteiger partial charge in [-0.1, -0.05) is 36.4 Å². The Morgan fingerprint density at radius 1 is 1.08 bits per heavy atom. The smallest absolute Gasteiger partial charge is 0.129 e. The van der Waals surface area contributed by atoms with Crippen molar-refractivity contribution in [1.82, 2.24) is 4.90 Å². The van der Waals surface area contributed by atoms with Gasteiger partial charge in [-0.3, -0.25) is 0 Å². The van der Waals surface area contributed by atoms with E-state index in [-0.39, 0.29) is 12.0 Å². The summed E-state index contributed by atoms with van der Waals surface area (Å²) in [5.74, 6) is -1.07. The zero-order chi connectivity index (χ0) is 18.4. The van der Waals surface area contributed by atoms with Crippen LogP contribution < -0.4 is 0 Å². The monoisotopic (exact) mass is 359 g/mol. The van der Waals surface area contributed by atoms with Crippen molar-refractivity contribution in [2.45, 2.75) is 32.1 Å². The number of nitrogens with zero attached hydrogens (tertiary/aromatic N) is 1. The molecule has 1 aliphatic heterocycles. The van der Waals surface area contributed by atoms with Crippen LogP contribution in [0.4, 0.5) is 8.78 Å². The van der Waals surface area contributed by atoms with Gasteiger partial charge in [0.2, 0.25) is 0 Å². The van der Waals surface area contributed by atoms with Gasteiger partial charge in [0.1, 0.15) is 11.6 Å². The van der Waals surface area contributed by atoms with Crippen molar-refractivity contribution >= 4 is 0 Å². The van der Waals surface area contributed by atoms with Gasteiger partial charge in [-0.25, -0.2) is 8.78 Å². The first-order valence-electron chi connectivity index (χ1n) is 9.41. The summed E-state index contributed by atoms with van der Waals surface area (Å²) in [6, 6.07) is 14.2. The summed E-state index contributed by atoms with van der Waals surface area (Å²) in [5, 5.41) is 10.0. The molecule has 4 heteroatoms. The minimum absolute atomic E-state index is 0.0268. The largest absolute Gasteiger partial charge is 0.396 e. The molecular formula is C22H27F2NO. The maximum Gasteiger partial charge on any atom is 0.129 e. The molecule has 1 fully saturated rings. The highest BCUT2D eigenvalue weighted by atomic mass is 19.1. The molecule has 140 valence electrons. The van der Waals surface area contributed by atoms with Crippen LogP contribution in [0.5, 0.6) is 0 Å². The lowest BCUT2D eigenvalue weighted by Crippen LogP contribution is -2.47. The van der Waals surface area contributed by atoms with E-state index in [1.165, 1.54) is 17.7 Å². The third-order valence-corrected chi connectivity index (χ3v) is 5.44. The molecule has 0 saturated carbocycles. The molecule has 0 spiro atoms. The Labute approximate surface area is 154 Å². The van der Waals surface area contributed by atoms with Crippen LogP contribution in [0.3, 0.4) is 0 Å². The second-order valence-electron chi connectivity index (χ2n) is 7.54. The molecule has 0 aliphatic carbocycles. The number of hydrogen-bond donors (Lipinski definition) is 1. The quantitative estimate of drug-likeness (QED) is 0.800. The van der Waals surface area contributed by atoms with E-state index in [0.29, 0.717) is 12.0 Å². The minimum atomic E-state index is -0.560. The molecule has 2 nitrogen and oxygen atoms in total. The number of aliphatic hydroxyl groups excluding tert-OH is 1. The van der Waals surface area contributed by atoms with Crippen molar-refractivity contribution in [2.24, 2.45) is 5.41 Å². The lowest BCUT2D eigenvalue weighted by atomic mass is 9.75. The van der Waals surface area contributed by atoms with Crippen molar-refractivity contribution in [1.29, 1.82) is 0 Å². The molecule has 1 heterocycles. The van der Waals surface area contributed by atoms with Crippen LogP contribution in [0.15, 0.2) is 48.5 Å². The van der Waals surface area contributed by atoms with Gasteiger partial charge in [0.15, 0.2) is 0 Å². The van der Waals surface area contributed by atoms with Gasteiger partial charge >= 0.3 is 0 Å². The number of halogens is 2. The predicted molar refractivity (Wildman–Crippen MR) is 100 cm³/mol. The average Bonchev–Trinajstić information content (AvgIpc) is 2.65. The molecule has 2 aromatic carbocycles. The van der Waals surface area contributed by atoms with Crippen LogP contribution in [-0.2, 0) is 12.8 Å². The van der Waals surface area contributed by atoms with E-state index in [2.05, 4.69) is 29.2 Å². The van der Waals surface area contributed by atoms with Crippen LogP contribution >= 0.6 is 0 Å². The van der Waals surface area contributed by atoms with Crippen molar-refractivity contribution < 1.29 is 13.9 Å². The standard InChI is InChI=1S/C22H27F2NO/c23-20-10-9-19(21(24)14-20)15-22(17-26)11-5-13-25(16-22)12-4-8-18-6-2-1-3-7-18/h1-3,6-7,9-10,14,26H,4-5,8,11-13,15-17H2/t22-/m0/s1. The molecule has 3 rings (SSSR count). The number of aryl methyl sites for hydroxylation is 1. The van der Waals surface area contributed by atoms with E-state index in [9.17, 15) is 13.9 Å². The first kappa shape index (κ1) is 19.0. The topological polar surface area (TPSA) is 23.5 Å². The minimum Gasteiger partial charge on any atom is -0.396 e. The molecule has 0 aromatic heterocycles. The highest BCUT2D eigenvalue weighted by Crippen LogP contribution is 2.34. The number of likely N-dealkylation sites (tertiary alicyclic amines) is 1. The lowest BCUT2D eigenvalue weighted by molar-refractivity contribution is 0.0314. The van der Waals surface area contributed by atoms with Gasteiger partial charge in [0.05, 0.1) is 6.61 Å². The van der Waals surface area contributed by atoms with Gasteiger partial charge in [-0.15, -0.1) is 0 Å². The zero-order valence-corrected chi connectivity index (χ0v) is 15.1. The lowest BCUT2D eigenvalue weighted by Gasteiger charge is -2.42. The van der Waals surface area contributed by atoms with Crippen molar-refractivity contribution in [3.05, 3.63) is 71.3 Å². The fourth-order valence-electron chi connectivity index (χ4n) is 4.05. The molecule has 0 radical (unpaired) electrons. The van der Waals surface area contributed by atoms with Crippen molar-refractivity contribution in [2.75, 3.05) is 26.2 Å². The third kappa shape index (κ3) is 4.89. The van der Waals surface area contributed by atoms with Gasteiger partial charge < -0.3 is 10.0 Å². The Bertz CT molecular complexity index is 707. The Balaban J connectivity index is 1.59. The van der Waals surface area contributed by atoms with Gasteiger partial charge in [-0.2, -0.15) is 0 Å². The summed E-state index contributed by atoms with van der Waals surface area (Å²) in [4.78, 5) is 2.38. The van der Waals surface area contributed by atoms with Crippen LogP contribution in [0.25, 0.3) is 0 Å². The van der Waals surface area contributed by atoms with E-state index in [0.717, 1.165) is 51.4 Å². The summed E-state index contributed by atoms with van der Waals surface area (Å²) in [6.07, 6.45) is 4.42. The van der Waals surface area contributed by atoms with E-state index in [1.54, 1.807) is 0 Å². The molecule has 1 aliphatic rings. The van der Waals surface area contributed by atoms with Crippen molar-refractivity contribution in [3.8, 4) is 0 Å². The summed E-state index contributed by atoms with van der Waals surface area (Å²) < 4.78 is 27.2. The first-order chi connectivity index (χ1) is 12.6. The SMILES string of the molecule is OC[C@]1(Cc2ccc(F)cc2F)CCCN(CCCc2ccccc2)C1. The predicted octanol–water partition coefficient (Wildman–Crippen LogP) is 4.21. The van der Waals surface area contributed by atoms with E-state index >= 15 is 0 Å². The van der Waals surface area contributed by atoms with E-state index in [4.69, 9.17) is 0 Å². The Kier molecular flexibility index (Phi) is 6.38. The van der Waals surface area contributed by atoms with Gasteiger partial charge in [0, 0.05) is 18.0 Å². The summed E-state index contributed by atoms with van der Waals surface area (Å²) in [5.41, 5.74) is 1.49. The van der Waals surface area contributed by atoms with E-state index < -0.39 is 11.6 Å². The highest BCUT2D eigenvalue weighted by Gasteiger charge is 2.35. The Morgan fingerprint density at radius 3 is 2.62 bits per heavy atom. The summed E-state index contributed by atoms with van der Waals surface area (Å²) in [7, 11) is 0. The Hall–Kier alpha value is -1.78. The second-order valence-corrected chi connectivity index (χ2v) is 7.54. The van der Waals surface area contributed by atoms with Crippen molar-refractivity contribution in [3.63, 3.8) is 0 Å². The molecule has 0 amide bonds. The molecule has 1 saturated heterocycles. The number of hydrogen-bond acceptors (Lipinski definition) is 2. The molecule has 2 aromatic rings. The van der Waals surface area contributed by atoms with Crippen LogP contribution in [0.2, 0.25) is 0 Å². The highest BCUT2D eigenvalue weighted by molar-refractivity contribution is 5.20. The number of rotatable bonds is 7. The second kappa shape index (κ2) is 8.74. The average molecular weight is 359 g/mol. The van der Waals surface area contributed by atoms with E-state index in [1.807, 2.05) is 6.07 Å². The maximum absolute atomic E-state index is 14.1. The number of aliphatic hydroxyl groups is 1. The Morgan fingerprint density at radius 2 is 1.88 bits per heavy atom. The first-order valence-corrected chi connectivity index (χ1v) is 9.41. The van der Waals surface area contributed by atoms with Gasteiger partial charge in [0.25, 0.3) is 0 Å². The summed E-state index contributed by atoms with van der Waals surface area (Å²) in [6.45, 7) is 2.78. The maximum atomic E-state index is 14.1. The molecule has 0 unspecified atom stereocenters. The molecule has 26 heavy (non-hydrogen) atoms. The fourth-order valence-corrected chi connectivity index (χ4v) is 4.05. The molecule has 1 atom stereocenters. The number of piperidine rings is 1. The van der Waals surface area contributed by atoms with Crippen LogP contribution in [0.1, 0.15) is 30.4 Å². The third-order valence-electron chi connectivity index (χ3n) is 5.44. The normalized spacial score (nSPS) is 21.0. The van der Waals surface area contributed by atoms with Crippen LogP contribution in [-0.4, -0.2) is 36.2 Å². The summed E-state index contributed by atoms with van der Waals surface area (Å²) >= 11 is 0. The van der Waals surface area contributed by atoms with Gasteiger partial charge in [-0.05, 0) is 62.4 Å². The molecule has 1 N–H and O–H groups in total. The number of benzene rings is 2. The van der Waals surface area contributed by atoms with Crippen LogP contribution in [0, 0.1) is 17.0 Å². The molecular weight excluding hydrogens is 332 g/mol.